The van der Waals surface area contributed by atoms with Crippen molar-refractivity contribution < 1.29 is 18.7 Å². The van der Waals surface area contributed by atoms with Crippen LogP contribution in [0.4, 0.5) is 9.18 Å². The van der Waals surface area contributed by atoms with Crippen molar-refractivity contribution in [1.29, 1.82) is 0 Å². The Labute approximate surface area is 137 Å². The van der Waals surface area contributed by atoms with Crippen molar-refractivity contribution >= 4 is 12.0 Å². The molecule has 1 atom stereocenters. The third kappa shape index (κ3) is 3.08. The molecule has 1 aromatic carbocycles. The van der Waals surface area contributed by atoms with Crippen molar-refractivity contribution in [1.82, 2.24) is 20.2 Å². The van der Waals surface area contributed by atoms with E-state index >= 15 is 0 Å². The van der Waals surface area contributed by atoms with Crippen molar-refractivity contribution in [3.8, 4) is 0 Å². The summed E-state index contributed by atoms with van der Waals surface area (Å²) in [6, 6.07) is 5.12. The van der Waals surface area contributed by atoms with Crippen LogP contribution in [0.1, 0.15) is 23.0 Å². The highest BCUT2D eigenvalue weighted by Crippen LogP contribution is 2.33. The van der Waals surface area contributed by atoms with Gasteiger partial charge in [-0.15, -0.1) is 0 Å². The number of rotatable bonds is 3. The molecule has 2 amide bonds. The highest BCUT2D eigenvalue weighted by atomic mass is 19.1. The molecule has 8 heteroatoms. The van der Waals surface area contributed by atoms with Gasteiger partial charge in [-0.25, -0.2) is 14.2 Å². The Morgan fingerprint density at radius 1 is 1.50 bits per heavy atom. The number of carbonyl (C=O) groups excluding carboxylic acids is 2. The Bertz CT molecular complexity index is 761. The lowest BCUT2D eigenvalue weighted by Crippen LogP contribution is -2.47. The van der Waals surface area contributed by atoms with E-state index in [1.165, 1.54) is 19.2 Å². The number of aromatic nitrogens is 2. The summed E-state index contributed by atoms with van der Waals surface area (Å²) in [5, 5.41) is 2.52. The topological polar surface area (TPSA) is 87.3 Å². The highest BCUT2D eigenvalue weighted by Gasteiger charge is 2.34. The average molecular weight is 332 g/mol. The van der Waals surface area contributed by atoms with Gasteiger partial charge in [-0.2, -0.15) is 0 Å². The number of aromatic amines is 1. The minimum absolute atomic E-state index is 0.227. The summed E-state index contributed by atoms with van der Waals surface area (Å²) >= 11 is 0. The minimum atomic E-state index is -0.539. The second-order valence-electron chi connectivity index (χ2n) is 5.40. The molecule has 1 aromatic heterocycles. The number of nitrogens with zero attached hydrogens (tertiary/aromatic N) is 2. The number of halogens is 1. The third-order valence-electron chi connectivity index (χ3n) is 3.96. The zero-order valence-corrected chi connectivity index (χ0v) is 13.1. The number of urea groups is 1. The van der Waals surface area contributed by atoms with Crippen LogP contribution < -0.4 is 5.32 Å². The van der Waals surface area contributed by atoms with Gasteiger partial charge in [-0.05, 0) is 17.7 Å². The molecule has 7 nitrogen and oxygen atoms in total. The van der Waals surface area contributed by atoms with Crippen LogP contribution in [0.25, 0.3) is 0 Å². The van der Waals surface area contributed by atoms with Gasteiger partial charge in [0.1, 0.15) is 18.4 Å². The SMILES string of the molecule is COC(=O)CNC(=O)N1CCc2[nH]cnc2[C@H]1c1cccc(F)c1. The van der Waals surface area contributed by atoms with Crippen LogP contribution in [0.15, 0.2) is 30.6 Å². The maximum atomic E-state index is 13.6. The number of carbonyl (C=O) groups is 2. The van der Waals surface area contributed by atoms with Crippen LogP contribution in [-0.4, -0.2) is 47.1 Å². The molecule has 0 spiro atoms. The summed E-state index contributed by atoms with van der Waals surface area (Å²) in [4.78, 5) is 32.6. The van der Waals surface area contributed by atoms with Crippen molar-refractivity contribution in [2.24, 2.45) is 0 Å². The van der Waals surface area contributed by atoms with Crippen LogP contribution in [-0.2, 0) is 16.0 Å². The minimum Gasteiger partial charge on any atom is -0.468 e. The molecule has 0 radical (unpaired) electrons. The summed E-state index contributed by atoms with van der Waals surface area (Å²) in [6.45, 7) is 0.193. The molecule has 1 aliphatic rings. The number of esters is 1. The lowest BCUT2D eigenvalue weighted by Gasteiger charge is -2.35. The van der Waals surface area contributed by atoms with Gasteiger partial charge in [-0.1, -0.05) is 12.1 Å². The van der Waals surface area contributed by atoms with Gasteiger partial charge in [0, 0.05) is 18.7 Å². The number of nitrogens with one attached hydrogen (secondary N) is 2. The fourth-order valence-electron chi connectivity index (χ4n) is 2.83. The summed E-state index contributed by atoms with van der Waals surface area (Å²) in [7, 11) is 1.25. The largest absolute Gasteiger partial charge is 0.468 e. The number of hydrogen-bond donors (Lipinski definition) is 2. The number of benzene rings is 1. The first-order chi connectivity index (χ1) is 11.6. The molecule has 0 aliphatic carbocycles. The second kappa shape index (κ2) is 6.69. The Morgan fingerprint density at radius 3 is 3.08 bits per heavy atom. The van der Waals surface area contributed by atoms with Crippen LogP contribution in [0.5, 0.6) is 0 Å². The van der Waals surface area contributed by atoms with Gasteiger partial charge in [0.15, 0.2) is 0 Å². The fraction of sp³-hybridized carbons (Fsp3) is 0.312. The maximum absolute atomic E-state index is 13.6. The number of hydrogen-bond acceptors (Lipinski definition) is 4. The summed E-state index contributed by atoms with van der Waals surface area (Å²) < 4.78 is 18.2. The number of H-pyrrole nitrogens is 1. The summed E-state index contributed by atoms with van der Waals surface area (Å²) in [5.74, 6) is -0.923. The van der Waals surface area contributed by atoms with E-state index < -0.39 is 18.0 Å². The molecular formula is C16H17FN4O3. The lowest BCUT2D eigenvalue weighted by molar-refractivity contribution is -0.139. The van der Waals surface area contributed by atoms with Crippen LogP contribution in [0.2, 0.25) is 0 Å². The quantitative estimate of drug-likeness (QED) is 0.831. The number of ether oxygens (including phenoxy) is 1. The van der Waals surface area contributed by atoms with E-state index in [4.69, 9.17) is 0 Å². The Hall–Kier alpha value is -2.90. The molecule has 3 rings (SSSR count). The number of methoxy groups -OCH3 is 1. The second-order valence-corrected chi connectivity index (χ2v) is 5.40. The normalized spacial score (nSPS) is 16.4. The first kappa shape index (κ1) is 16.0. The van der Waals surface area contributed by atoms with Gasteiger partial charge < -0.3 is 19.9 Å². The van der Waals surface area contributed by atoms with Gasteiger partial charge in [0.25, 0.3) is 0 Å². The van der Waals surface area contributed by atoms with E-state index in [0.29, 0.717) is 24.2 Å². The van der Waals surface area contributed by atoms with Crippen LogP contribution >= 0.6 is 0 Å². The zero-order chi connectivity index (χ0) is 17.1. The third-order valence-corrected chi connectivity index (χ3v) is 3.96. The lowest BCUT2D eigenvalue weighted by atomic mass is 9.96. The monoisotopic (exact) mass is 332 g/mol. The van der Waals surface area contributed by atoms with E-state index in [1.807, 2.05) is 0 Å². The van der Waals surface area contributed by atoms with E-state index in [2.05, 4.69) is 20.0 Å². The molecule has 2 N–H and O–H groups in total. The van der Waals surface area contributed by atoms with E-state index in [-0.39, 0.29) is 12.4 Å². The highest BCUT2D eigenvalue weighted by molar-refractivity contribution is 5.81. The predicted molar refractivity (Wildman–Crippen MR) is 82.7 cm³/mol. The van der Waals surface area contributed by atoms with E-state index in [9.17, 15) is 14.0 Å². The number of imidazole rings is 1. The van der Waals surface area contributed by atoms with Crippen molar-refractivity contribution in [3.05, 3.63) is 53.4 Å². The first-order valence-electron chi connectivity index (χ1n) is 7.49. The van der Waals surface area contributed by atoms with Gasteiger partial charge in [0.05, 0.1) is 19.1 Å². The maximum Gasteiger partial charge on any atom is 0.325 e. The molecule has 0 unspecified atom stereocenters. The average Bonchev–Trinajstić information content (AvgIpc) is 3.07. The molecule has 1 aliphatic heterocycles. The van der Waals surface area contributed by atoms with Gasteiger partial charge in [0.2, 0.25) is 0 Å². The van der Waals surface area contributed by atoms with Crippen molar-refractivity contribution in [2.75, 3.05) is 20.2 Å². The van der Waals surface area contributed by atoms with Crippen molar-refractivity contribution in [2.45, 2.75) is 12.5 Å². The number of fused-ring (bicyclic) bond motifs is 1. The molecule has 0 bridgehead atoms. The molecule has 0 saturated heterocycles. The van der Waals surface area contributed by atoms with Gasteiger partial charge in [-0.3, -0.25) is 4.79 Å². The van der Waals surface area contributed by atoms with Crippen molar-refractivity contribution in [3.63, 3.8) is 0 Å². The van der Waals surface area contributed by atoms with Crippen LogP contribution in [0, 0.1) is 5.82 Å². The smallest absolute Gasteiger partial charge is 0.325 e. The zero-order valence-electron chi connectivity index (χ0n) is 13.1. The molecule has 2 aromatic rings. The van der Waals surface area contributed by atoms with Crippen LogP contribution in [0.3, 0.4) is 0 Å². The van der Waals surface area contributed by atoms with E-state index in [0.717, 1.165) is 5.69 Å². The predicted octanol–water partition coefficient (Wildman–Crippen LogP) is 1.38. The van der Waals surface area contributed by atoms with Gasteiger partial charge >= 0.3 is 12.0 Å². The van der Waals surface area contributed by atoms with E-state index in [1.54, 1.807) is 23.4 Å². The Kier molecular flexibility index (Phi) is 4.45. The standard InChI is InChI=1S/C16H17FN4O3/c1-24-13(22)8-18-16(23)21-6-5-12-14(20-9-19-12)15(21)10-3-2-4-11(17)7-10/h2-4,7,9,15H,5-6,8H2,1H3,(H,18,23)(H,19,20)/t15-/m1/s1. The number of amides is 2. The fourth-order valence-corrected chi connectivity index (χ4v) is 2.83. The Balaban J connectivity index is 1.90. The Morgan fingerprint density at radius 2 is 2.33 bits per heavy atom. The molecule has 126 valence electrons. The molecule has 2 heterocycles. The molecule has 24 heavy (non-hydrogen) atoms. The summed E-state index contributed by atoms with van der Waals surface area (Å²) in [5.41, 5.74) is 2.22. The molecule has 0 saturated carbocycles. The summed E-state index contributed by atoms with van der Waals surface area (Å²) in [6.07, 6.45) is 2.17. The molecular weight excluding hydrogens is 315 g/mol. The molecule has 0 fully saturated rings. The first-order valence-corrected chi connectivity index (χ1v) is 7.49.